The van der Waals surface area contributed by atoms with Crippen LogP contribution in [0.15, 0.2) is 24.3 Å². The number of hydrogen-bond acceptors (Lipinski definition) is 1. The maximum absolute atomic E-state index is 6.29. The summed E-state index contributed by atoms with van der Waals surface area (Å²) in [5.74, 6) is 0. The standard InChI is InChI=1S/C11H11ClN2/c12-10-7-3-1-2-4-8(7)14-11(10)9-5-6-13-9/h1-4,9,13-14H,5-6H2/t9-/m1/s1. The molecule has 1 saturated heterocycles. The van der Waals surface area contributed by atoms with Gasteiger partial charge in [-0.15, -0.1) is 0 Å². The van der Waals surface area contributed by atoms with Crippen LogP contribution in [0.1, 0.15) is 18.2 Å². The molecule has 3 heteroatoms. The first-order chi connectivity index (χ1) is 6.86. The third-order valence-electron chi connectivity index (χ3n) is 2.84. The van der Waals surface area contributed by atoms with Crippen LogP contribution >= 0.6 is 11.6 Å². The highest BCUT2D eigenvalue weighted by Gasteiger charge is 2.23. The van der Waals surface area contributed by atoms with Crippen molar-refractivity contribution >= 4 is 22.5 Å². The number of rotatable bonds is 1. The van der Waals surface area contributed by atoms with Gasteiger partial charge in [-0.2, -0.15) is 0 Å². The average Bonchev–Trinajstić information content (AvgIpc) is 2.43. The first kappa shape index (κ1) is 8.33. The molecule has 1 aromatic carbocycles. The Morgan fingerprint density at radius 2 is 2.07 bits per heavy atom. The van der Waals surface area contributed by atoms with Gasteiger partial charge in [-0.3, -0.25) is 0 Å². The van der Waals surface area contributed by atoms with Crippen LogP contribution in [0.25, 0.3) is 10.9 Å². The minimum absolute atomic E-state index is 0.426. The molecule has 0 spiro atoms. The first-order valence-electron chi connectivity index (χ1n) is 4.86. The lowest BCUT2D eigenvalue weighted by Gasteiger charge is -2.26. The number of nitrogens with one attached hydrogen (secondary N) is 2. The van der Waals surface area contributed by atoms with E-state index >= 15 is 0 Å². The Kier molecular flexibility index (Phi) is 1.79. The normalized spacial score (nSPS) is 21.1. The zero-order valence-corrected chi connectivity index (χ0v) is 8.43. The van der Waals surface area contributed by atoms with Crippen LogP contribution in [0, 0.1) is 0 Å². The second kappa shape index (κ2) is 3.01. The second-order valence-electron chi connectivity index (χ2n) is 3.69. The fraction of sp³-hybridized carbons (Fsp3) is 0.273. The summed E-state index contributed by atoms with van der Waals surface area (Å²) in [6.07, 6.45) is 1.17. The van der Waals surface area contributed by atoms with E-state index in [2.05, 4.69) is 22.4 Å². The van der Waals surface area contributed by atoms with E-state index in [1.807, 2.05) is 12.1 Å². The molecule has 1 aliphatic heterocycles. The third kappa shape index (κ3) is 1.08. The van der Waals surface area contributed by atoms with Gasteiger partial charge in [0, 0.05) is 10.9 Å². The number of halogens is 1. The summed E-state index contributed by atoms with van der Waals surface area (Å²) in [6.45, 7) is 1.09. The molecule has 0 bridgehead atoms. The highest BCUT2D eigenvalue weighted by Crippen LogP contribution is 2.34. The molecule has 14 heavy (non-hydrogen) atoms. The molecule has 0 saturated carbocycles. The summed E-state index contributed by atoms with van der Waals surface area (Å²) >= 11 is 6.29. The summed E-state index contributed by atoms with van der Waals surface area (Å²) in [5.41, 5.74) is 2.26. The van der Waals surface area contributed by atoms with Gasteiger partial charge in [0.2, 0.25) is 0 Å². The van der Waals surface area contributed by atoms with Crippen molar-refractivity contribution < 1.29 is 0 Å². The predicted octanol–water partition coefficient (Wildman–Crippen LogP) is 2.86. The Morgan fingerprint density at radius 1 is 1.29 bits per heavy atom. The zero-order valence-electron chi connectivity index (χ0n) is 7.68. The van der Waals surface area contributed by atoms with Crippen molar-refractivity contribution in [1.82, 2.24) is 10.3 Å². The van der Waals surface area contributed by atoms with Gasteiger partial charge < -0.3 is 10.3 Å². The molecule has 1 aromatic heterocycles. The van der Waals surface area contributed by atoms with Crippen LogP contribution < -0.4 is 5.32 Å². The van der Waals surface area contributed by atoms with E-state index in [1.54, 1.807) is 0 Å². The molecule has 0 aliphatic carbocycles. The number of benzene rings is 1. The van der Waals surface area contributed by atoms with Crippen LogP contribution in [0.2, 0.25) is 5.02 Å². The largest absolute Gasteiger partial charge is 0.356 e. The summed E-state index contributed by atoms with van der Waals surface area (Å²) in [4.78, 5) is 3.37. The number of para-hydroxylation sites is 1. The van der Waals surface area contributed by atoms with Gasteiger partial charge >= 0.3 is 0 Å². The Balaban J connectivity index is 2.19. The molecule has 0 unspecified atom stereocenters. The van der Waals surface area contributed by atoms with E-state index in [1.165, 1.54) is 6.42 Å². The number of hydrogen-bond donors (Lipinski definition) is 2. The average molecular weight is 207 g/mol. The van der Waals surface area contributed by atoms with Crippen molar-refractivity contribution in [2.45, 2.75) is 12.5 Å². The van der Waals surface area contributed by atoms with Gasteiger partial charge in [0.1, 0.15) is 0 Å². The van der Waals surface area contributed by atoms with Crippen molar-refractivity contribution in [2.75, 3.05) is 6.54 Å². The van der Waals surface area contributed by atoms with E-state index < -0.39 is 0 Å². The molecular formula is C11H11ClN2. The Bertz CT molecular complexity index is 471. The number of aromatic nitrogens is 1. The molecule has 1 aliphatic rings. The monoisotopic (exact) mass is 206 g/mol. The van der Waals surface area contributed by atoms with E-state index in [9.17, 15) is 0 Å². The molecule has 2 nitrogen and oxygen atoms in total. The lowest BCUT2D eigenvalue weighted by molar-refractivity contribution is 0.377. The molecule has 0 radical (unpaired) electrons. The molecule has 2 N–H and O–H groups in total. The number of aromatic amines is 1. The predicted molar refractivity (Wildman–Crippen MR) is 58.7 cm³/mol. The van der Waals surface area contributed by atoms with Crippen LogP contribution in [0.5, 0.6) is 0 Å². The van der Waals surface area contributed by atoms with Crippen molar-refractivity contribution in [3.63, 3.8) is 0 Å². The molecule has 2 aromatic rings. The highest BCUT2D eigenvalue weighted by atomic mass is 35.5. The fourth-order valence-corrected chi connectivity index (χ4v) is 2.25. The fourth-order valence-electron chi connectivity index (χ4n) is 1.90. The topological polar surface area (TPSA) is 27.8 Å². The molecule has 0 amide bonds. The number of fused-ring (bicyclic) bond motifs is 1. The smallest absolute Gasteiger partial charge is 0.0708 e. The van der Waals surface area contributed by atoms with Crippen molar-refractivity contribution in [1.29, 1.82) is 0 Å². The van der Waals surface area contributed by atoms with Crippen molar-refractivity contribution in [2.24, 2.45) is 0 Å². The van der Waals surface area contributed by atoms with Gasteiger partial charge in [0.25, 0.3) is 0 Å². The van der Waals surface area contributed by atoms with Crippen LogP contribution in [0.4, 0.5) is 0 Å². The molecule has 3 rings (SSSR count). The Morgan fingerprint density at radius 3 is 2.71 bits per heavy atom. The number of H-pyrrole nitrogens is 1. The van der Waals surface area contributed by atoms with Gasteiger partial charge in [-0.05, 0) is 19.0 Å². The Labute approximate surface area is 87.3 Å². The van der Waals surface area contributed by atoms with Gasteiger partial charge in [-0.1, -0.05) is 29.8 Å². The van der Waals surface area contributed by atoms with Crippen LogP contribution in [-0.4, -0.2) is 11.5 Å². The first-order valence-corrected chi connectivity index (χ1v) is 5.23. The molecule has 2 heterocycles. The molecule has 1 fully saturated rings. The van der Waals surface area contributed by atoms with Gasteiger partial charge in [0.05, 0.1) is 16.8 Å². The van der Waals surface area contributed by atoms with Crippen LogP contribution in [0.3, 0.4) is 0 Å². The molecule has 72 valence electrons. The minimum atomic E-state index is 0.426. The van der Waals surface area contributed by atoms with Gasteiger partial charge in [0.15, 0.2) is 0 Å². The highest BCUT2D eigenvalue weighted by molar-refractivity contribution is 6.36. The maximum Gasteiger partial charge on any atom is 0.0708 e. The lowest BCUT2D eigenvalue weighted by Crippen LogP contribution is -2.35. The summed E-state index contributed by atoms with van der Waals surface area (Å²) in [5, 5.41) is 5.34. The van der Waals surface area contributed by atoms with Crippen molar-refractivity contribution in [3.05, 3.63) is 35.0 Å². The summed E-state index contributed by atoms with van der Waals surface area (Å²) in [7, 11) is 0. The lowest BCUT2D eigenvalue weighted by atomic mass is 10.0. The van der Waals surface area contributed by atoms with E-state index in [0.717, 1.165) is 28.2 Å². The van der Waals surface area contributed by atoms with E-state index in [4.69, 9.17) is 11.6 Å². The maximum atomic E-state index is 6.29. The summed E-state index contributed by atoms with van der Waals surface area (Å²) in [6, 6.07) is 8.57. The molecule has 1 atom stereocenters. The van der Waals surface area contributed by atoms with Crippen LogP contribution in [-0.2, 0) is 0 Å². The quantitative estimate of drug-likeness (QED) is 0.738. The van der Waals surface area contributed by atoms with E-state index in [-0.39, 0.29) is 0 Å². The summed E-state index contributed by atoms with van der Waals surface area (Å²) < 4.78 is 0. The third-order valence-corrected chi connectivity index (χ3v) is 3.25. The second-order valence-corrected chi connectivity index (χ2v) is 4.07. The molecular weight excluding hydrogens is 196 g/mol. The van der Waals surface area contributed by atoms with Gasteiger partial charge in [-0.25, -0.2) is 0 Å². The SMILES string of the molecule is Clc1c([C@H]2CCN2)[nH]c2ccccc12. The van der Waals surface area contributed by atoms with E-state index in [0.29, 0.717) is 6.04 Å². The Hall–Kier alpha value is -0.990. The minimum Gasteiger partial charge on any atom is -0.356 e. The van der Waals surface area contributed by atoms with Crippen molar-refractivity contribution in [3.8, 4) is 0 Å². The zero-order chi connectivity index (χ0) is 9.54.